The van der Waals surface area contributed by atoms with Crippen molar-refractivity contribution in [3.8, 4) is 10.7 Å². The fourth-order valence-electron chi connectivity index (χ4n) is 2.46. The molecule has 2 heterocycles. The van der Waals surface area contributed by atoms with Crippen molar-refractivity contribution < 1.29 is 4.79 Å². The second-order valence-electron chi connectivity index (χ2n) is 6.65. The van der Waals surface area contributed by atoms with Crippen LogP contribution in [-0.4, -0.2) is 33.9 Å². The van der Waals surface area contributed by atoms with E-state index in [-0.39, 0.29) is 5.91 Å². The topological polar surface area (TPSA) is 46.1 Å². The van der Waals surface area contributed by atoms with E-state index in [2.05, 4.69) is 37.7 Å². The van der Waals surface area contributed by atoms with Crippen molar-refractivity contribution in [3.63, 3.8) is 0 Å². The number of thiazole rings is 1. The molecule has 2 aromatic heterocycles. The minimum absolute atomic E-state index is 0.0876. The SMILES string of the molecule is Cc1nc(-c2ccccn2)sc1C(=O)N(CC(C)C)CC(C)C. The molecule has 0 aliphatic heterocycles. The van der Waals surface area contributed by atoms with Gasteiger partial charge < -0.3 is 4.90 Å². The van der Waals surface area contributed by atoms with Gasteiger partial charge in [0.1, 0.15) is 9.88 Å². The van der Waals surface area contributed by atoms with Crippen molar-refractivity contribution in [2.24, 2.45) is 11.8 Å². The van der Waals surface area contributed by atoms with E-state index >= 15 is 0 Å². The van der Waals surface area contributed by atoms with Gasteiger partial charge in [-0.25, -0.2) is 4.98 Å². The van der Waals surface area contributed by atoms with Gasteiger partial charge in [-0.15, -0.1) is 11.3 Å². The Balaban J connectivity index is 2.28. The summed E-state index contributed by atoms with van der Waals surface area (Å²) in [6.45, 7) is 12.0. The van der Waals surface area contributed by atoms with Crippen molar-refractivity contribution in [2.75, 3.05) is 13.1 Å². The van der Waals surface area contributed by atoms with Crippen molar-refractivity contribution in [2.45, 2.75) is 34.6 Å². The van der Waals surface area contributed by atoms with Crippen LogP contribution in [0.4, 0.5) is 0 Å². The number of pyridine rings is 1. The van der Waals surface area contributed by atoms with E-state index in [1.54, 1.807) is 6.20 Å². The summed E-state index contributed by atoms with van der Waals surface area (Å²) in [5, 5.41) is 0.806. The Morgan fingerprint density at radius 3 is 2.35 bits per heavy atom. The van der Waals surface area contributed by atoms with Gasteiger partial charge in [0.05, 0.1) is 11.4 Å². The summed E-state index contributed by atoms with van der Waals surface area (Å²) >= 11 is 1.44. The van der Waals surface area contributed by atoms with Crippen molar-refractivity contribution in [1.82, 2.24) is 14.9 Å². The van der Waals surface area contributed by atoms with E-state index in [0.29, 0.717) is 11.8 Å². The minimum atomic E-state index is 0.0876. The Labute approximate surface area is 142 Å². The second-order valence-corrected chi connectivity index (χ2v) is 7.65. The molecule has 4 nitrogen and oxygen atoms in total. The van der Waals surface area contributed by atoms with Crippen LogP contribution in [0.3, 0.4) is 0 Å². The highest BCUT2D eigenvalue weighted by Crippen LogP contribution is 2.27. The molecular formula is C18H25N3OS. The molecule has 2 rings (SSSR count). The molecule has 0 saturated heterocycles. The lowest BCUT2D eigenvalue weighted by molar-refractivity contribution is 0.0719. The molecule has 0 bridgehead atoms. The van der Waals surface area contributed by atoms with Gasteiger partial charge in [-0.1, -0.05) is 33.8 Å². The zero-order valence-electron chi connectivity index (χ0n) is 14.5. The van der Waals surface area contributed by atoms with E-state index < -0.39 is 0 Å². The van der Waals surface area contributed by atoms with Crippen molar-refractivity contribution in [1.29, 1.82) is 0 Å². The van der Waals surface area contributed by atoms with Gasteiger partial charge in [0.15, 0.2) is 0 Å². The highest BCUT2D eigenvalue weighted by atomic mass is 32.1. The summed E-state index contributed by atoms with van der Waals surface area (Å²) in [4.78, 5) is 24.5. The predicted octanol–water partition coefficient (Wildman–Crippen LogP) is 4.27. The molecular weight excluding hydrogens is 306 g/mol. The molecule has 0 N–H and O–H groups in total. The molecule has 0 aromatic carbocycles. The first kappa shape index (κ1) is 17.6. The van der Waals surface area contributed by atoms with Gasteiger partial charge in [-0.3, -0.25) is 9.78 Å². The highest BCUT2D eigenvalue weighted by molar-refractivity contribution is 7.17. The van der Waals surface area contributed by atoms with Gasteiger partial charge in [0.2, 0.25) is 0 Å². The maximum Gasteiger partial charge on any atom is 0.265 e. The standard InChI is InChI=1S/C18H25N3OS/c1-12(2)10-21(11-13(3)4)18(22)16-14(5)20-17(23-16)15-8-6-7-9-19-15/h6-9,12-13H,10-11H2,1-5H3. The normalized spacial score (nSPS) is 11.3. The lowest BCUT2D eigenvalue weighted by atomic mass is 10.1. The Bertz CT molecular complexity index is 640. The summed E-state index contributed by atoms with van der Waals surface area (Å²) in [7, 11) is 0. The number of aryl methyl sites for hydroxylation is 1. The summed E-state index contributed by atoms with van der Waals surface area (Å²) in [6.07, 6.45) is 1.75. The van der Waals surface area contributed by atoms with Crippen LogP contribution in [0.15, 0.2) is 24.4 Å². The van der Waals surface area contributed by atoms with Crippen LogP contribution in [0.1, 0.15) is 43.1 Å². The molecule has 1 amide bonds. The third kappa shape index (κ3) is 4.61. The molecule has 2 aromatic rings. The lowest BCUT2D eigenvalue weighted by Gasteiger charge is -2.26. The maximum absolute atomic E-state index is 13.0. The molecule has 0 atom stereocenters. The summed E-state index contributed by atoms with van der Waals surface area (Å²) in [5.74, 6) is 0.979. The van der Waals surface area contributed by atoms with Crippen LogP contribution in [-0.2, 0) is 0 Å². The quantitative estimate of drug-likeness (QED) is 0.794. The van der Waals surface area contributed by atoms with Crippen molar-refractivity contribution >= 4 is 17.2 Å². The average molecular weight is 331 g/mol. The van der Waals surface area contributed by atoms with Crippen LogP contribution >= 0.6 is 11.3 Å². The molecule has 23 heavy (non-hydrogen) atoms. The van der Waals surface area contributed by atoms with Crippen LogP contribution < -0.4 is 0 Å². The first-order valence-corrected chi connectivity index (χ1v) is 8.88. The van der Waals surface area contributed by atoms with Crippen LogP contribution in [0.25, 0.3) is 10.7 Å². The molecule has 0 saturated carbocycles. The Morgan fingerprint density at radius 1 is 1.17 bits per heavy atom. The number of hydrogen-bond donors (Lipinski definition) is 0. The third-order valence-electron chi connectivity index (χ3n) is 3.33. The monoisotopic (exact) mass is 331 g/mol. The van der Waals surface area contributed by atoms with E-state index in [1.807, 2.05) is 30.0 Å². The summed E-state index contributed by atoms with van der Waals surface area (Å²) in [5.41, 5.74) is 1.61. The predicted molar refractivity (Wildman–Crippen MR) is 95.7 cm³/mol. The number of amides is 1. The summed E-state index contributed by atoms with van der Waals surface area (Å²) in [6, 6.07) is 5.74. The molecule has 0 fully saturated rings. The van der Waals surface area contributed by atoms with Crippen molar-refractivity contribution in [3.05, 3.63) is 35.0 Å². The number of carbonyl (C=O) groups excluding carboxylic acids is 1. The molecule has 0 aliphatic rings. The molecule has 124 valence electrons. The van der Waals surface area contributed by atoms with Gasteiger partial charge in [-0.05, 0) is 30.9 Å². The van der Waals surface area contributed by atoms with E-state index in [9.17, 15) is 4.79 Å². The Kier molecular flexibility index (Phi) is 5.88. The van der Waals surface area contributed by atoms with Gasteiger partial charge >= 0.3 is 0 Å². The van der Waals surface area contributed by atoms with Crippen LogP contribution in [0.2, 0.25) is 0 Å². The molecule has 0 aliphatic carbocycles. The Hall–Kier alpha value is -1.75. The summed E-state index contributed by atoms with van der Waals surface area (Å²) < 4.78 is 0. The molecule has 0 unspecified atom stereocenters. The van der Waals surface area contributed by atoms with E-state index in [0.717, 1.165) is 34.4 Å². The fourth-order valence-corrected chi connectivity index (χ4v) is 3.47. The number of hydrogen-bond acceptors (Lipinski definition) is 4. The molecule has 0 spiro atoms. The van der Waals surface area contributed by atoms with Gasteiger partial charge in [0.25, 0.3) is 5.91 Å². The highest BCUT2D eigenvalue weighted by Gasteiger charge is 2.23. The largest absolute Gasteiger partial charge is 0.337 e. The first-order chi connectivity index (χ1) is 10.9. The number of rotatable bonds is 6. The van der Waals surface area contributed by atoms with Gasteiger partial charge in [-0.2, -0.15) is 0 Å². The number of carbonyl (C=O) groups is 1. The van der Waals surface area contributed by atoms with Crippen LogP contribution in [0.5, 0.6) is 0 Å². The first-order valence-electron chi connectivity index (χ1n) is 8.06. The second kappa shape index (κ2) is 7.68. The molecule has 5 heteroatoms. The van der Waals surface area contributed by atoms with Crippen LogP contribution in [0, 0.1) is 18.8 Å². The smallest absolute Gasteiger partial charge is 0.265 e. The lowest BCUT2D eigenvalue weighted by Crippen LogP contribution is -2.36. The minimum Gasteiger partial charge on any atom is -0.337 e. The fraction of sp³-hybridized carbons (Fsp3) is 0.500. The average Bonchev–Trinajstić information content (AvgIpc) is 2.88. The van der Waals surface area contributed by atoms with Gasteiger partial charge in [0, 0.05) is 19.3 Å². The molecule has 0 radical (unpaired) electrons. The number of aromatic nitrogens is 2. The number of nitrogens with zero attached hydrogens (tertiary/aromatic N) is 3. The maximum atomic E-state index is 13.0. The Morgan fingerprint density at radius 2 is 1.83 bits per heavy atom. The van der Waals surface area contributed by atoms with E-state index in [4.69, 9.17) is 0 Å². The van der Waals surface area contributed by atoms with E-state index in [1.165, 1.54) is 11.3 Å². The zero-order chi connectivity index (χ0) is 17.0. The third-order valence-corrected chi connectivity index (χ3v) is 4.50. The zero-order valence-corrected chi connectivity index (χ0v) is 15.4.